The van der Waals surface area contributed by atoms with Gasteiger partial charge < -0.3 is 5.73 Å². The zero-order valence-corrected chi connectivity index (χ0v) is 12.6. The highest BCUT2D eigenvalue weighted by Gasteiger charge is 2.27. The summed E-state index contributed by atoms with van der Waals surface area (Å²) in [4.78, 5) is 6.26. The first-order chi connectivity index (χ1) is 8.63. The van der Waals surface area contributed by atoms with Gasteiger partial charge in [0.2, 0.25) is 0 Å². The Morgan fingerprint density at radius 1 is 1.22 bits per heavy atom. The van der Waals surface area contributed by atoms with Gasteiger partial charge in [0, 0.05) is 4.88 Å². The van der Waals surface area contributed by atoms with Gasteiger partial charge in [0.15, 0.2) is 0 Å². The van der Waals surface area contributed by atoms with Crippen molar-refractivity contribution in [1.82, 2.24) is 4.98 Å². The van der Waals surface area contributed by atoms with Crippen molar-refractivity contribution in [2.75, 3.05) is 0 Å². The second-order valence-corrected chi connectivity index (χ2v) is 6.91. The molecule has 3 heteroatoms. The van der Waals surface area contributed by atoms with Gasteiger partial charge in [0.1, 0.15) is 5.01 Å². The minimum atomic E-state index is -0.207. The molecule has 18 heavy (non-hydrogen) atoms. The Labute approximate surface area is 115 Å². The predicted molar refractivity (Wildman–Crippen MR) is 79.1 cm³/mol. The van der Waals surface area contributed by atoms with Crippen LogP contribution >= 0.6 is 11.3 Å². The molecule has 1 aromatic rings. The molecule has 1 heterocycles. The number of hydrogen-bond donors (Lipinski definition) is 1. The third-order valence-corrected chi connectivity index (χ3v) is 5.32. The van der Waals surface area contributed by atoms with Crippen molar-refractivity contribution in [2.45, 2.75) is 77.2 Å². The first-order valence-electron chi connectivity index (χ1n) is 7.41. The van der Waals surface area contributed by atoms with Gasteiger partial charge in [-0.05, 0) is 32.6 Å². The van der Waals surface area contributed by atoms with Crippen LogP contribution in [-0.2, 0) is 18.4 Å². The number of unbranched alkanes of at least 4 members (excludes halogenated alkanes) is 4. The van der Waals surface area contributed by atoms with Gasteiger partial charge in [-0.3, -0.25) is 0 Å². The van der Waals surface area contributed by atoms with Gasteiger partial charge in [0.05, 0.1) is 11.2 Å². The minimum absolute atomic E-state index is 0.207. The van der Waals surface area contributed by atoms with Gasteiger partial charge >= 0.3 is 0 Å². The van der Waals surface area contributed by atoms with Crippen molar-refractivity contribution in [3.8, 4) is 0 Å². The highest BCUT2D eigenvalue weighted by molar-refractivity contribution is 7.12. The third kappa shape index (κ3) is 3.33. The van der Waals surface area contributed by atoms with Crippen molar-refractivity contribution < 1.29 is 0 Å². The fourth-order valence-electron chi connectivity index (χ4n) is 2.64. The number of hydrogen-bond acceptors (Lipinski definition) is 3. The summed E-state index contributed by atoms with van der Waals surface area (Å²) in [5, 5.41) is 1.17. The van der Waals surface area contributed by atoms with Gasteiger partial charge in [-0.2, -0.15) is 0 Å². The second-order valence-electron chi connectivity index (χ2n) is 5.82. The first-order valence-corrected chi connectivity index (χ1v) is 8.23. The topological polar surface area (TPSA) is 38.9 Å². The number of aromatic nitrogens is 1. The molecule has 0 fully saturated rings. The van der Waals surface area contributed by atoms with Gasteiger partial charge in [0.25, 0.3) is 0 Å². The summed E-state index contributed by atoms with van der Waals surface area (Å²) >= 11 is 1.86. The summed E-state index contributed by atoms with van der Waals surface area (Å²) in [6, 6.07) is 0. The number of nitrogens with zero attached hydrogens (tertiary/aromatic N) is 1. The van der Waals surface area contributed by atoms with Gasteiger partial charge in [-0.1, -0.05) is 39.0 Å². The Bertz CT molecular complexity index is 360. The van der Waals surface area contributed by atoms with Gasteiger partial charge in [-0.25, -0.2) is 4.98 Å². The van der Waals surface area contributed by atoms with Crippen LogP contribution in [0.2, 0.25) is 0 Å². The molecule has 0 amide bonds. The average Bonchev–Trinajstić information content (AvgIpc) is 2.88. The Morgan fingerprint density at radius 2 is 2.00 bits per heavy atom. The van der Waals surface area contributed by atoms with E-state index in [2.05, 4.69) is 13.8 Å². The number of rotatable bonds is 7. The van der Waals surface area contributed by atoms with Crippen molar-refractivity contribution in [3.63, 3.8) is 0 Å². The van der Waals surface area contributed by atoms with Crippen LogP contribution < -0.4 is 5.73 Å². The zero-order valence-electron chi connectivity index (χ0n) is 11.8. The van der Waals surface area contributed by atoms with Crippen LogP contribution in [-0.4, -0.2) is 4.98 Å². The molecule has 0 saturated heterocycles. The molecule has 0 aliphatic heterocycles. The smallest absolute Gasteiger partial charge is 0.113 e. The normalized spacial score (nSPS) is 17.7. The van der Waals surface area contributed by atoms with E-state index in [1.165, 1.54) is 66.9 Å². The molecule has 0 radical (unpaired) electrons. The van der Waals surface area contributed by atoms with Crippen LogP contribution in [0.5, 0.6) is 0 Å². The highest BCUT2D eigenvalue weighted by atomic mass is 32.1. The molecule has 0 saturated carbocycles. The van der Waals surface area contributed by atoms with Crippen LogP contribution in [0.1, 0.15) is 74.4 Å². The average molecular weight is 266 g/mol. The first kappa shape index (κ1) is 14.0. The van der Waals surface area contributed by atoms with E-state index in [0.717, 1.165) is 6.42 Å². The van der Waals surface area contributed by atoms with Crippen LogP contribution in [0.15, 0.2) is 0 Å². The Morgan fingerprint density at radius 3 is 2.72 bits per heavy atom. The molecular formula is C15H26N2S. The molecule has 1 aliphatic carbocycles. The monoisotopic (exact) mass is 266 g/mol. The van der Waals surface area contributed by atoms with Crippen LogP contribution in [0.3, 0.4) is 0 Å². The third-order valence-electron chi connectivity index (χ3n) is 3.88. The maximum absolute atomic E-state index is 6.46. The minimum Gasteiger partial charge on any atom is -0.320 e. The molecule has 1 atom stereocenters. The quantitative estimate of drug-likeness (QED) is 0.752. The molecule has 1 aromatic heterocycles. The van der Waals surface area contributed by atoms with Crippen molar-refractivity contribution >= 4 is 11.3 Å². The second kappa shape index (κ2) is 6.16. The van der Waals surface area contributed by atoms with Crippen LogP contribution in [0.25, 0.3) is 0 Å². The number of fused-ring (bicyclic) bond motifs is 1. The molecule has 1 aliphatic rings. The summed E-state index contributed by atoms with van der Waals surface area (Å²) in [5.41, 5.74) is 7.59. The zero-order chi connectivity index (χ0) is 13.0. The lowest BCUT2D eigenvalue weighted by Crippen LogP contribution is -2.32. The van der Waals surface area contributed by atoms with E-state index in [1.54, 1.807) is 0 Å². The van der Waals surface area contributed by atoms with E-state index in [1.807, 2.05) is 11.3 Å². The molecule has 2 rings (SSSR count). The van der Waals surface area contributed by atoms with Crippen LogP contribution in [0.4, 0.5) is 0 Å². The number of aryl methyl sites for hydroxylation is 2. The van der Waals surface area contributed by atoms with E-state index in [0.29, 0.717) is 0 Å². The summed E-state index contributed by atoms with van der Waals surface area (Å²) in [6.45, 7) is 4.41. The molecular weight excluding hydrogens is 240 g/mol. The van der Waals surface area contributed by atoms with Gasteiger partial charge in [-0.15, -0.1) is 11.3 Å². The lowest BCUT2D eigenvalue weighted by molar-refractivity contribution is 0.419. The molecule has 1 unspecified atom stereocenters. The maximum atomic E-state index is 6.46. The highest BCUT2D eigenvalue weighted by Crippen LogP contribution is 2.34. The summed E-state index contributed by atoms with van der Waals surface area (Å²) < 4.78 is 0. The Kier molecular flexibility index (Phi) is 4.79. The standard InChI is InChI=1S/C15H26N2S/c1-3-4-5-6-7-11-15(2,16)14-17-12-9-8-10-13(12)18-14/h3-11,16H2,1-2H3. The fourth-order valence-corrected chi connectivity index (χ4v) is 3.87. The Balaban J connectivity index is 1.85. The molecule has 0 aromatic carbocycles. The summed E-state index contributed by atoms with van der Waals surface area (Å²) in [6.07, 6.45) is 11.3. The summed E-state index contributed by atoms with van der Waals surface area (Å²) in [7, 11) is 0. The van der Waals surface area contributed by atoms with Crippen molar-refractivity contribution in [2.24, 2.45) is 5.73 Å². The van der Waals surface area contributed by atoms with E-state index in [9.17, 15) is 0 Å². The SMILES string of the molecule is CCCCCCCC(C)(N)c1nc2c(s1)CCC2. The predicted octanol–water partition coefficient (Wildman–Crippen LogP) is 4.17. The van der Waals surface area contributed by atoms with E-state index >= 15 is 0 Å². The van der Waals surface area contributed by atoms with Crippen LogP contribution in [0, 0.1) is 0 Å². The lowest BCUT2D eigenvalue weighted by atomic mass is 9.96. The Hall–Kier alpha value is -0.410. The van der Waals surface area contributed by atoms with Crippen molar-refractivity contribution in [1.29, 1.82) is 0 Å². The molecule has 0 spiro atoms. The molecule has 2 nitrogen and oxygen atoms in total. The molecule has 2 N–H and O–H groups in total. The largest absolute Gasteiger partial charge is 0.320 e. The maximum Gasteiger partial charge on any atom is 0.113 e. The van der Waals surface area contributed by atoms with Crippen molar-refractivity contribution in [3.05, 3.63) is 15.6 Å². The van der Waals surface area contributed by atoms with E-state index in [-0.39, 0.29) is 5.54 Å². The van der Waals surface area contributed by atoms with E-state index in [4.69, 9.17) is 10.7 Å². The van der Waals surface area contributed by atoms with E-state index < -0.39 is 0 Å². The molecule has 102 valence electrons. The number of nitrogens with two attached hydrogens (primary N) is 1. The lowest BCUT2D eigenvalue weighted by Gasteiger charge is -2.22. The number of thiazole rings is 1. The molecule has 0 bridgehead atoms. The fraction of sp³-hybridized carbons (Fsp3) is 0.800. The summed E-state index contributed by atoms with van der Waals surface area (Å²) in [5.74, 6) is 0.